The second-order valence-electron chi connectivity index (χ2n) is 3.01. The van der Waals surface area contributed by atoms with Crippen LogP contribution in [0.15, 0.2) is 12.4 Å². The number of thiol groups is 1. The zero-order valence-corrected chi connectivity index (χ0v) is 9.60. The first kappa shape index (κ1) is 13.2. The third kappa shape index (κ3) is 2.62. The van der Waals surface area contributed by atoms with Crippen molar-refractivity contribution in [1.29, 1.82) is 0 Å². The first-order chi connectivity index (χ1) is 7.49. The van der Waals surface area contributed by atoms with Crippen LogP contribution in [0.3, 0.4) is 0 Å². The van der Waals surface area contributed by atoms with Crippen molar-refractivity contribution in [3.63, 3.8) is 0 Å². The number of pyridine rings is 1. The summed E-state index contributed by atoms with van der Waals surface area (Å²) in [5.41, 5.74) is -0.401. The zero-order chi connectivity index (χ0) is 12.3. The van der Waals surface area contributed by atoms with Crippen LogP contribution in [0, 0.1) is 10.1 Å². The minimum absolute atomic E-state index is 0.000186. The Morgan fingerprint density at radius 1 is 1.56 bits per heavy atom. The molecule has 0 aliphatic rings. The molecule has 88 valence electrons. The highest BCUT2D eigenvalue weighted by atomic mass is 35.5. The Kier molecular flexibility index (Phi) is 4.48. The van der Waals surface area contributed by atoms with E-state index in [1.807, 2.05) is 0 Å². The molecule has 8 heteroatoms. The quantitative estimate of drug-likeness (QED) is 0.428. The maximum Gasteiger partial charge on any atom is 0.306 e. The Balaban J connectivity index is 3.15. The monoisotopic (exact) mass is 264 g/mol. The third-order valence-electron chi connectivity index (χ3n) is 1.96. The van der Waals surface area contributed by atoms with E-state index in [0.717, 1.165) is 6.20 Å². The maximum atomic E-state index is 10.6. The van der Waals surface area contributed by atoms with Crippen molar-refractivity contribution < 1.29 is 15.1 Å². The van der Waals surface area contributed by atoms with Gasteiger partial charge in [0, 0.05) is 17.5 Å². The first-order valence-corrected chi connectivity index (χ1v) is 5.24. The van der Waals surface area contributed by atoms with Gasteiger partial charge in [-0.05, 0) is 0 Å². The lowest BCUT2D eigenvalue weighted by molar-refractivity contribution is -0.385. The Bertz CT molecular complexity index is 404. The van der Waals surface area contributed by atoms with E-state index in [-0.39, 0.29) is 16.3 Å². The van der Waals surface area contributed by atoms with Gasteiger partial charge in [0.1, 0.15) is 17.3 Å². The molecule has 6 nitrogen and oxygen atoms in total. The van der Waals surface area contributed by atoms with Gasteiger partial charge in [0.2, 0.25) is 0 Å². The molecule has 1 aromatic heterocycles. The minimum atomic E-state index is -1.35. The van der Waals surface area contributed by atoms with Gasteiger partial charge in [0.15, 0.2) is 0 Å². The highest BCUT2D eigenvalue weighted by Gasteiger charge is 2.25. The Morgan fingerprint density at radius 2 is 2.19 bits per heavy atom. The summed E-state index contributed by atoms with van der Waals surface area (Å²) in [4.78, 5) is 13.4. The maximum absolute atomic E-state index is 10.6. The van der Waals surface area contributed by atoms with E-state index < -0.39 is 22.8 Å². The van der Waals surface area contributed by atoms with Crippen molar-refractivity contribution in [2.45, 2.75) is 12.2 Å². The first-order valence-electron chi connectivity index (χ1n) is 4.23. The van der Waals surface area contributed by atoms with Crippen LogP contribution in [0.5, 0.6) is 0 Å². The van der Waals surface area contributed by atoms with E-state index in [9.17, 15) is 20.3 Å². The van der Waals surface area contributed by atoms with E-state index in [4.69, 9.17) is 11.6 Å². The van der Waals surface area contributed by atoms with Crippen LogP contribution >= 0.6 is 24.2 Å². The number of rotatable bonds is 4. The molecule has 2 unspecified atom stereocenters. The van der Waals surface area contributed by atoms with Crippen LogP contribution in [-0.2, 0) is 0 Å². The van der Waals surface area contributed by atoms with Gasteiger partial charge in [-0.15, -0.1) is 0 Å². The van der Waals surface area contributed by atoms with E-state index >= 15 is 0 Å². The predicted octanol–water partition coefficient (Wildman–Crippen LogP) is 0.967. The van der Waals surface area contributed by atoms with Crippen molar-refractivity contribution in [2.24, 2.45) is 0 Å². The number of aliphatic hydroxyl groups is 2. The van der Waals surface area contributed by atoms with Crippen molar-refractivity contribution in [1.82, 2.24) is 4.98 Å². The average Bonchev–Trinajstić information content (AvgIpc) is 2.27. The molecule has 0 radical (unpaired) electrons. The molecule has 0 saturated heterocycles. The van der Waals surface area contributed by atoms with E-state index in [0.29, 0.717) is 0 Å². The van der Waals surface area contributed by atoms with E-state index in [1.54, 1.807) is 0 Å². The molecule has 0 amide bonds. The number of halogens is 1. The van der Waals surface area contributed by atoms with Crippen LogP contribution < -0.4 is 0 Å². The molecule has 0 spiro atoms. The van der Waals surface area contributed by atoms with Gasteiger partial charge in [-0.1, -0.05) is 11.6 Å². The third-order valence-corrected chi connectivity index (χ3v) is 2.74. The van der Waals surface area contributed by atoms with Gasteiger partial charge in [0.25, 0.3) is 0 Å². The Labute approximate surface area is 101 Å². The second kappa shape index (κ2) is 5.44. The summed E-state index contributed by atoms with van der Waals surface area (Å²) in [6.45, 7) is 0. The molecule has 0 fully saturated rings. The van der Waals surface area contributed by atoms with E-state index in [2.05, 4.69) is 17.6 Å². The van der Waals surface area contributed by atoms with Gasteiger partial charge in [-0.3, -0.25) is 15.1 Å². The van der Waals surface area contributed by atoms with Crippen LogP contribution in [0.4, 0.5) is 5.69 Å². The van der Waals surface area contributed by atoms with Gasteiger partial charge in [-0.2, -0.15) is 12.6 Å². The molecule has 0 saturated carbocycles. The smallest absolute Gasteiger partial charge is 0.306 e. The predicted molar refractivity (Wildman–Crippen MR) is 60.7 cm³/mol. The summed E-state index contributed by atoms with van der Waals surface area (Å²) in [7, 11) is 0. The van der Waals surface area contributed by atoms with Gasteiger partial charge < -0.3 is 10.2 Å². The standard InChI is InChI=1S/C8H9ClN2O4S/c9-7-4(8(13)6(12)3-16)1-10-2-5(7)11(14)15/h1-2,6,8,12-13,16H,3H2. The Hall–Kier alpha value is -0.890. The zero-order valence-electron chi connectivity index (χ0n) is 7.95. The normalized spacial score (nSPS) is 14.5. The molecule has 0 bridgehead atoms. The summed E-state index contributed by atoms with van der Waals surface area (Å²) in [5, 5.41) is 29.3. The summed E-state index contributed by atoms with van der Waals surface area (Å²) >= 11 is 9.52. The number of aromatic nitrogens is 1. The summed E-state index contributed by atoms with van der Waals surface area (Å²) in [5.74, 6) is 0.000186. The van der Waals surface area contributed by atoms with Crippen LogP contribution in [0.1, 0.15) is 11.7 Å². The van der Waals surface area contributed by atoms with Crippen LogP contribution in [-0.4, -0.2) is 32.0 Å². The second-order valence-corrected chi connectivity index (χ2v) is 3.76. The fourth-order valence-electron chi connectivity index (χ4n) is 1.09. The van der Waals surface area contributed by atoms with E-state index in [1.165, 1.54) is 6.20 Å². The molecule has 0 aliphatic carbocycles. The number of hydrogen-bond acceptors (Lipinski definition) is 6. The molecule has 0 aromatic carbocycles. The van der Waals surface area contributed by atoms with Gasteiger partial charge in [0.05, 0.1) is 11.0 Å². The molecule has 1 heterocycles. The summed E-state index contributed by atoms with van der Waals surface area (Å²) in [6, 6.07) is 0. The molecule has 2 atom stereocenters. The number of hydrogen-bond donors (Lipinski definition) is 3. The lowest BCUT2D eigenvalue weighted by atomic mass is 10.1. The minimum Gasteiger partial charge on any atom is -0.389 e. The topological polar surface area (TPSA) is 96.5 Å². The summed E-state index contributed by atoms with van der Waals surface area (Å²) < 4.78 is 0. The van der Waals surface area contributed by atoms with Crippen LogP contribution in [0.25, 0.3) is 0 Å². The molecule has 16 heavy (non-hydrogen) atoms. The Morgan fingerprint density at radius 3 is 2.69 bits per heavy atom. The fourth-order valence-corrected chi connectivity index (χ4v) is 1.57. The number of aliphatic hydroxyl groups excluding tert-OH is 2. The van der Waals surface area contributed by atoms with Crippen molar-refractivity contribution in [3.05, 3.63) is 33.1 Å². The van der Waals surface area contributed by atoms with Crippen molar-refractivity contribution in [2.75, 3.05) is 5.75 Å². The molecule has 0 aliphatic heterocycles. The molecule has 2 N–H and O–H groups in total. The lowest BCUT2D eigenvalue weighted by Gasteiger charge is -2.16. The molecule has 1 aromatic rings. The van der Waals surface area contributed by atoms with Gasteiger partial charge in [-0.25, -0.2) is 0 Å². The molecular weight excluding hydrogens is 256 g/mol. The fraction of sp³-hybridized carbons (Fsp3) is 0.375. The highest BCUT2D eigenvalue weighted by molar-refractivity contribution is 7.80. The van der Waals surface area contributed by atoms with Crippen LogP contribution in [0.2, 0.25) is 5.02 Å². The SMILES string of the molecule is O=[N+]([O-])c1cncc(C(O)C(O)CS)c1Cl. The molecule has 1 rings (SSSR count). The molecular formula is C8H9ClN2O4S. The largest absolute Gasteiger partial charge is 0.389 e. The highest BCUT2D eigenvalue weighted by Crippen LogP contribution is 2.31. The van der Waals surface area contributed by atoms with Crippen molar-refractivity contribution >= 4 is 29.9 Å². The number of nitrogens with zero attached hydrogens (tertiary/aromatic N) is 2. The van der Waals surface area contributed by atoms with Gasteiger partial charge >= 0.3 is 5.69 Å². The average molecular weight is 265 g/mol. The number of nitro groups is 1. The van der Waals surface area contributed by atoms with Crippen molar-refractivity contribution in [3.8, 4) is 0 Å². The summed E-state index contributed by atoms with van der Waals surface area (Å²) in [6.07, 6.45) is -0.361. The lowest BCUT2D eigenvalue weighted by Crippen LogP contribution is -2.20.